The second-order valence-electron chi connectivity index (χ2n) is 4.30. The van der Waals surface area contributed by atoms with Crippen molar-refractivity contribution in [3.8, 4) is 0 Å². The maximum Gasteiger partial charge on any atom is 0.203 e. The third-order valence-corrected chi connectivity index (χ3v) is 3.69. The van der Waals surface area contributed by atoms with Crippen LogP contribution < -0.4 is 0 Å². The molecular weight excluding hydrogens is 342 g/mol. The lowest BCUT2D eigenvalue weighted by Gasteiger charge is -2.02. The summed E-state index contributed by atoms with van der Waals surface area (Å²) >= 11 is 9.38. The number of oxazole rings is 1. The Morgan fingerprint density at radius 1 is 1.25 bits per heavy atom. The number of carbonyl (C=O) groups excluding carboxylic acids is 1. The van der Waals surface area contributed by atoms with Gasteiger partial charge in [0.05, 0.1) is 11.4 Å². The first-order valence-electron chi connectivity index (χ1n) is 5.96. The van der Waals surface area contributed by atoms with Crippen LogP contribution in [0.2, 0.25) is 5.02 Å². The Bertz CT molecular complexity index is 764. The van der Waals surface area contributed by atoms with Crippen LogP contribution in [0.25, 0.3) is 11.1 Å². The Hall–Kier alpha value is -1.65. The molecule has 0 radical (unpaired) electrons. The van der Waals surface area contributed by atoms with Gasteiger partial charge in [-0.05, 0) is 30.3 Å². The molecule has 3 aromatic rings. The van der Waals surface area contributed by atoms with Gasteiger partial charge in [0.15, 0.2) is 11.4 Å². The quantitative estimate of drug-likeness (QED) is 0.645. The van der Waals surface area contributed by atoms with Gasteiger partial charge in [-0.1, -0.05) is 39.7 Å². The number of halogens is 2. The van der Waals surface area contributed by atoms with E-state index in [0.717, 1.165) is 9.99 Å². The van der Waals surface area contributed by atoms with E-state index in [2.05, 4.69) is 20.9 Å². The Labute approximate surface area is 128 Å². The normalized spacial score (nSPS) is 10.9. The van der Waals surface area contributed by atoms with Crippen LogP contribution in [0.3, 0.4) is 0 Å². The van der Waals surface area contributed by atoms with Crippen molar-refractivity contribution >= 4 is 44.4 Å². The van der Waals surface area contributed by atoms with Crippen molar-refractivity contribution in [1.29, 1.82) is 0 Å². The molecule has 3 nitrogen and oxygen atoms in total. The number of benzene rings is 2. The predicted molar refractivity (Wildman–Crippen MR) is 81.2 cm³/mol. The van der Waals surface area contributed by atoms with E-state index in [9.17, 15) is 4.79 Å². The molecule has 0 aliphatic heterocycles. The number of para-hydroxylation sites is 2. The first kappa shape index (κ1) is 13.3. The monoisotopic (exact) mass is 349 g/mol. The largest absolute Gasteiger partial charge is 0.440 e. The molecule has 0 aliphatic carbocycles. The minimum Gasteiger partial charge on any atom is -0.440 e. The van der Waals surface area contributed by atoms with E-state index in [1.165, 1.54) is 0 Å². The number of fused-ring (bicyclic) bond motifs is 1. The zero-order chi connectivity index (χ0) is 14.1. The number of hydrogen-bond donors (Lipinski definition) is 0. The first-order valence-corrected chi connectivity index (χ1v) is 7.13. The molecule has 0 spiro atoms. The van der Waals surface area contributed by atoms with Gasteiger partial charge in [-0.3, -0.25) is 4.79 Å². The second kappa shape index (κ2) is 5.38. The number of hydrogen-bond acceptors (Lipinski definition) is 3. The van der Waals surface area contributed by atoms with Crippen LogP contribution in [-0.4, -0.2) is 10.8 Å². The number of ketones is 1. The van der Waals surface area contributed by atoms with Gasteiger partial charge in [0.2, 0.25) is 5.89 Å². The van der Waals surface area contributed by atoms with Crippen molar-refractivity contribution in [3.05, 3.63) is 63.4 Å². The van der Waals surface area contributed by atoms with Crippen LogP contribution in [0.5, 0.6) is 0 Å². The van der Waals surface area contributed by atoms with Crippen molar-refractivity contribution < 1.29 is 9.21 Å². The van der Waals surface area contributed by atoms with Crippen molar-refractivity contribution in [2.24, 2.45) is 0 Å². The van der Waals surface area contributed by atoms with Crippen LogP contribution in [0.15, 0.2) is 51.4 Å². The third kappa shape index (κ3) is 2.62. The summed E-state index contributed by atoms with van der Waals surface area (Å²) < 4.78 is 6.37. The fourth-order valence-electron chi connectivity index (χ4n) is 1.94. The van der Waals surface area contributed by atoms with E-state index in [4.69, 9.17) is 16.0 Å². The summed E-state index contributed by atoms with van der Waals surface area (Å²) in [6, 6.07) is 12.6. The lowest BCUT2D eigenvalue weighted by molar-refractivity contribution is 0.0986. The summed E-state index contributed by atoms with van der Waals surface area (Å²) in [4.78, 5) is 16.5. The fraction of sp³-hybridized carbons (Fsp3) is 0.0667. The highest BCUT2D eigenvalue weighted by Crippen LogP contribution is 2.23. The van der Waals surface area contributed by atoms with Gasteiger partial charge < -0.3 is 4.42 Å². The standard InChI is InChI=1S/C15H9BrClNO2/c16-9-5-6-10(11(17)7-9)13(19)8-15-18-12-3-1-2-4-14(12)20-15/h1-7H,8H2. The molecule has 0 bridgehead atoms. The highest BCUT2D eigenvalue weighted by Gasteiger charge is 2.15. The summed E-state index contributed by atoms with van der Waals surface area (Å²) in [6.07, 6.45) is 0.0933. The Morgan fingerprint density at radius 2 is 2.05 bits per heavy atom. The maximum absolute atomic E-state index is 12.2. The van der Waals surface area contributed by atoms with Crippen LogP contribution in [0.4, 0.5) is 0 Å². The topological polar surface area (TPSA) is 43.1 Å². The molecule has 0 saturated heterocycles. The van der Waals surface area contributed by atoms with Crippen LogP contribution in [-0.2, 0) is 6.42 Å². The van der Waals surface area contributed by atoms with E-state index >= 15 is 0 Å². The number of carbonyl (C=O) groups is 1. The van der Waals surface area contributed by atoms with Crippen LogP contribution in [0.1, 0.15) is 16.2 Å². The Kier molecular flexibility index (Phi) is 3.59. The van der Waals surface area contributed by atoms with Crippen LogP contribution in [0, 0.1) is 0 Å². The SMILES string of the molecule is O=C(Cc1nc2ccccc2o1)c1ccc(Br)cc1Cl. The number of aromatic nitrogens is 1. The average molecular weight is 351 g/mol. The fourth-order valence-corrected chi connectivity index (χ4v) is 2.72. The molecule has 3 rings (SSSR count). The van der Waals surface area contributed by atoms with Gasteiger partial charge in [-0.25, -0.2) is 4.98 Å². The highest BCUT2D eigenvalue weighted by atomic mass is 79.9. The first-order chi connectivity index (χ1) is 9.63. The van der Waals surface area contributed by atoms with E-state index in [1.807, 2.05) is 24.3 Å². The molecule has 0 aliphatic rings. The zero-order valence-corrected chi connectivity index (χ0v) is 12.6. The van der Waals surface area contributed by atoms with Gasteiger partial charge in [0, 0.05) is 10.0 Å². The molecule has 1 aromatic heterocycles. The summed E-state index contributed by atoms with van der Waals surface area (Å²) in [6.45, 7) is 0. The molecule has 0 unspecified atom stereocenters. The Balaban J connectivity index is 1.88. The van der Waals surface area contributed by atoms with E-state index in [-0.39, 0.29) is 12.2 Å². The molecule has 0 amide bonds. The van der Waals surface area contributed by atoms with Crippen molar-refractivity contribution in [2.75, 3.05) is 0 Å². The third-order valence-electron chi connectivity index (χ3n) is 2.88. The average Bonchev–Trinajstić information content (AvgIpc) is 2.80. The molecule has 0 fully saturated rings. The van der Waals surface area contributed by atoms with Crippen molar-refractivity contribution in [3.63, 3.8) is 0 Å². The highest BCUT2D eigenvalue weighted by molar-refractivity contribution is 9.10. The van der Waals surface area contributed by atoms with Gasteiger partial charge >= 0.3 is 0 Å². The zero-order valence-electron chi connectivity index (χ0n) is 10.3. The molecule has 0 saturated carbocycles. The lowest BCUT2D eigenvalue weighted by Crippen LogP contribution is -2.04. The second-order valence-corrected chi connectivity index (χ2v) is 5.62. The summed E-state index contributed by atoms with van der Waals surface area (Å²) in [5.41, 5.74) is 1.89. The molecule has 2 aromatic carbocycles. The summed E-state index contributed by atoms with van der Waals surface area (Å²) in [5.74, 6) is 0.282. The molecule has 5 heteroatoms. The van der Waals surface area contributed by atoms with Crippen molar-refractivity contribution in [1.82, 2.24) is 4.98 Å². The minimum atomic E-state index is -0.117. The van der Waals surface area contributed by atoms with E-state index in [0.29, 0.717) is 22.1 Å². The lowest BCUT2D eigenvalue weighted by atomic mass is 10.1. The van der Waals surface area contributed by atoms with Gasteiger partial charge in [0.25, 0.3) is 0 Å². The van der Waals surface area contributed by atoms with E-state index in [1.54, 1.807) is 18.2 Å². The molecule has 20 heavy (non-hydrogen) atoms. The number of nitrogens with zero attached hydrogens (tertiary/aromatic N) is 1. The van der Waals surface area contributed by atoms with Gasteiger partial charge in [-0.2, -0.15) is 0 Å². The van der Waals surface area contributed by atoms with E-state index < -0.39 is 0 Å². The van der Waals surface area contributed by atoms with Crippen molar-refractivity contribution in [2.45, 2.75) is 6.42 Å². The number of rotatable bonds is 3. The maximum atomic E-state index is 12.2. The smallest absolute Gasteiger partial charge is 0.203 e. The summed E-state index contributed by atoms with van der Waals surface area (Å²) in [7, 11) is 0. The molecule has 0 N–H and O–H groups in total. The number of Topliss-reactive ketones (excluding diaryl/α,β-unsaturated/α-hetero) is 1. The molecule has 0 atom stereocenters. The predicted octanol–water partition coefficient (Wildman–Crippen LogP) is 4.67. The van der Waals surface area contributed by atoms with Gasteiger partial charge in [-0.15, -0.1) is 0 Å². The molecule has 1 heterocycles. The molecule has 100 valence electrons. The molecular formula is C15H9BrClNO2. The van der Waals surface area contributed by atoms with Crippen LogP contribution >= 0.6 is 27.5 Å². The summed E-state index contributed by atoms with van der Waals surface area (Å²) in [5, 5.41) is 0.417. The minimum absolute atomic E-state index is 0.0933. The Morgan fingerprint density at radius 3 is 2.80 bits per heavy atom. The van der Waals surface area contributed by atoms with Gasteiger partial charge in [0.1, 0.15) is 5.52 Å².